The third kappa shape index (κ3) is 3.46. The predicted molar refractivity (Wildman–Crippen MR) is 104 cm³/mol. The number of fused-ring (bicyclic) bond motifs is 2. The Kier molecular flexibility index (Phi) is 4.78. The van der Waals surface area contributed by atoms with Gasteiger partial charge in [0.2, 0.25) is 5.88 Å². The Labute approximate surface area is 163 Å². The van der Waals surface area contributed by atoms with E-state index in [1.54, 1.807) is 13.1 Å². The van der Waals surface area contributed by atoms with Crippen LogP contribution in [0.2, 0.25) is 0 Å². The summed E-state index contributed by atoms with van der Waals surface area (Å²) in [5.41, 5.74) is 3.58. The summed E-state index contributed by atoms with van der Waals surface area (Å²) in [7, 11) is 1.54. The van der Waals surface area contributed by atoms with Crippen LogP contribution in [-0.4, -0.2) is 44.9 Å². The first-order valence-electron chi connectivity index (χ1n) is 8.54. The van der Waals surface area contributed by atoms with E-state index in [4.69, 9.17) is 9.47 Å². The summed E-state index contributed by atoms with van der Waals surface area (Å²) in [5.74, 6) is -0.345. The van der Waals surface area contributed by atoms with Gasteiger partial charge in [-0.1, -0.05) is 11.3 Å². The largest absolute Gasteiger partial charge is 0.480 e. The van der Waals surface area contributed by atoms with Crippen molar-refractivity contribution in [1.82, 2.24) is 19.9 Å². The number of aromatic nitrogens is 4. The van der Waals surface area contributed by atoms with Crippen molar-refractivity contribution < 1.29 is 19.0 Å². The Bertz CT molecular complexity index is 1180. The number of hydrogen-bond donors (Lipinski definition) is 1. The molecule has 0 spiro atoms. The van der Waals surface area contributed by atoms with Gasteiger partial charge < -0.3 is 14.6 Å². The monoisotopic (exact) mass is 400 g/mol. The Morgan fingerprint density at radius 2 is 2.00 bits per heavy atom. The first-order valence-corrected chi connectivity index (χ1v) is 9.36. The number of halogens is 1. The molecule has 0 saturated carbocycles. The molecule has 7 nitrogen and oxygen atoms in total. The lowest BCUT2D eigenvalue weighted by Gasteiger charge is -2.07. The molecule has 3 heterocycles. The van der Waals surface area contributed by atoms with E-state index in [0.29, 0.717) is 32.3 Å². The highest BCUT2D eigenvalue weighted by atomic mass is 32.1. The molecule has 1 N–H and O–H groups in total. The van der Waals surface area contributed by atoms with E-state index in [9.17, 15) is 9.50 Å². The number of benzene rings is 1. The zero-order valence-electron chi connectivity index (χ0n) is 15.4. The minimum absolute atomic E-state index is 0.0406. The van der Waals surface area contributed by atoms with Crippen LogP contribution in [0.15, 0.2) is 24.4 Å². The van der Waals surface area contributed by atoms with Gasteiger partial charge in [0.25, 0.3) is 5.88 Å². The molecule has 0 aliphatic carbocycles. The highest BCUT2D eigenvalue weighted by Gasteiger charge is 2.17. The first-order chi connectivity index (χ1) is 13.4. The van der Waals surface area contributed by atoms with E-state index in [1.807, 2.05) is 19.1 Å². The van der Waals surface area contributed by atoms with E-state index in [1.165, 1.54) is 24.5 Å². The average molecular weight is 400 g/mol. The molecule has 0 radical (unpaired) electrons. The molecule has 0 aliphatic rings. The Balaban J connectivity index is 1.83. The van der Waals surface area contributed by atoms with E-state index in [0.717, 1.165) is 11.1 Å². The molecule has 0 bridgehead atoms. The summed E-state index contributed by atoms with van der Waals surface area (Å²) in [6, 6.07) is 5.16. The number of methoxy groups -OCH3 is 1. The second-order valence-electron chi connectivity index (χ2n) is 6.37. The summed E-state index contributed by atoms with van der Waals surface area (Å²) < 4.78 is 24.6. The fraction of sp³-hybridized carbons (Fsp3) is 0.263. The lowest BCUT2D eigenvalue weighted by molar-refractivity contribution is 0.117. The molecule has 0 amide bonds. The van der Waals surface area contributed by atoms with Gasteiger partial charge in [0.05, 0.1) is 30.4 Å². The predicted octanol–water partition coefficient (Wildman–Crippen LogP) is 3.52. The van der Waals surface area contributed by atoms with Gasteiger partial charge in [-0.2, -0.15) is 4.98 Å². The van der Waals surface area contributed by atoms with Gasteiger partial charge in [-0.15, -0.1) is 0 Å². The van der Waals surface area contributed by atoms with Crippen molar-refractivity contribution in [2.45, 2.75) is 20.0 Å². The minimum atomic E-state index is -0.719. The number of nitrogens with zero attached hydrogens (tertiary/aromatic N) is 4. The van der Waals surface area contributed by atoms with Gasteiger partial charge >= 0.3 is 0 Å². The zero-order chi connectivity index (χ0) is 19.8. The van der Waals surface area contributed by atoms with Crippen molar-refractivity contribution in [1.29, 1.82) is 0 Å². The number of aliphatic hydroxyl groups excluding tert-OH is 1. The standard InChI is InChI=1S/C19H17FN4O3S/c1-9-4-11(16-13(5-9)22-15(26-3)7-21-16)18-23-14-6-12(20)17(24-19(14)28-18)27-8-10(2)25/h4-7,10,25H,8H2,1-3H3. The van der Waals surface area contributed by atoms with Crippen LogP contribution in [0.3, 0.4) is 0 Å². The maximum atomic E-state index is 14.2. The number of pyridine rings is 1. The lowest BCUT2D eigenvalue weighted by Crippen LogP contribution is -2.14. The summed E-state index contributed by atoms with van der Waals surface area (Å²) in [4.78, 5) is 18.2. The lowest BCUT2D eigenvalue weighted by atomic mass is 10.1. The first kappa shape index (κ1) is 18.5. The van der Waals surface area contributed by atoms with Gasteiger partial charge in [0.1, 0.15) is 22.0 Å². The molecule has 4 aromatic rings. The van der Waals surface area contributed by atoms with Crippen LogP contribution >= 0.6 is 11.3 Å². The van der Waals surface area contributed by atoms with E-state index in [2.05, 4.69) is 19.9 Å². The van der Waals surface area contributed by atoms with Gasteiger partial charge in [-0.05, 0) is 31.5 Å². The molecule has 1 atom stereocenters. The molecule has 0 fully saturated rings. The van der Waals surface area contributed by atoms with Gasteiger partial charge in [-0.25, -0.2) is 19.3 Å². The maximum absolute atomic E-state index is 14.2. The molecule has 144 valence electrons. The van der Waals surface area contributed by atoms with Crippen LogP contribution < -0.4 is 9.47 Å². The second kappa shape index (κ2) is 7.25. The summed E-state index contributed by atoms with van der Waals surface area (Å²) in [5, 5.41) is 9.98. The van der Waals surface area contributed by atoms with Crippen LogP contribution in [0.25, 0.3) is 32.0 Å². The number of rotatable bonds is 5. The second-order valence-corrected chi connectivity index (χ2v) is 7.35. The van der Waals surface area contributed by atoms with Crippen LogP contribution in [0.4, 0.5) is 4.39 Å². The highest BCUT2D eigenvalue weighted by molar-refractivity contribution is 7.21. The van der Waals surface area contributed by atoms with Crippen LogP contribution in [0.5, 0.6) is 11.8 Å². The van der Waals surface area contributed by atoms with Crippen molar-refractivity contribution >= 4 is 32.7 Å². The molecule has 3 aromatic heterocycles. The summed E-state index contributed by atoms with van der Waals surface area (Å²) in [6.07, 6.45) is 0.831. The molecule has 0 saturated heterocycles. The van der Waals surface area contributed by atoms with Crippen molar-refractivity contribution in [2.24, 2.45) is 0 Å². The average Bonchev–Trinajstić information content (AvgIpc) is 3.07. The molecule has 9 heteroatoms. The third-order valence-electron chi connectivity index (χ3n) is 3.97. The Hall–Kier alpha value is -2.91. The number of thiazole rings is 1. The Morgan fingerprint density at radius 1 is 1.18 bits per heavy atom. The normalized spacial score (nSPS) is 12.5. The topological polar surface area (TPSA) is 90.3 Å². The van der Waals surface area contributed by atoms with Crippen molar-refractivity contribution in [3.8, 4) is 22.3 Å². The van der Waals surface area contributed by atoms with Gasteiger partial charge in [0.15, 0.2) is 5.82 Å². The highest BCUT2D eigenvalue weighted by Crippen LogP contribution is 2.35. The quantitative estimate of drug-likeness (QED) is 0.548. The molecule has 28 heavy (non-hydrogen) atoms. The smallest absolute Gasteiger partial charge is 0.252 e. The van der Waals surface area contributed by atoms with E-state index in [-0.39, 0.29) is 12.5 Å². The van der Waals surface area contributed by atoms with E-state index < -0.39 is 11.9 Å². The summed E-state index contributed by atoms with van der Waals surface area (Å²) in [6.45, 7) is 3.47. The van der Waals surface area contributed by atoms with Crippen LogP contribution in [0, 0.1) is 12.7 Å². The van der Waals surface area contributed by atoms with Crippen molar-refractivity contribution in [3.63, 3.8) is 0 Å². The number of hydrogen-bond acceptors (Lipinski definition) is 8. The Morgan fingerprint density at radius 3 is 2.75 bits per heavy atom. The fourth-order valence-electron chi connectivity index (χ4n) is 2.75. The maximum Gasteiger partial charge on any atom is 0.252 e. The molecular formula is C19H17FN4O3S. The molecule has 0 aliphatic heterocycles. The number of aryl methyl sites for hydroxylation is 1. The number of ether oxygens (including phenoxy) is 2. The van der Waals surface area contributed by atoms with Gasteiger partial charge in [-0.3, -0.25) is 0 Å². The van der Waals surface area contributed by atoms with Crippen LogP contribution in [0.1, 0.15) is 12.5 Å². The SMILES string of the molecule is COc1cnc2c(-c3nc4cc(F)c(OCC(C)O)nc4s3)cc(C)cc2n1. The van der Waals surface area contributed by atoms with E-state index >= 15 is 0 Å². The van der Waals surface area contributed by atoms with Crippen molar-refractivity contribution in [2.75, 3.05) is 13.7 Å². The molecule has 4 rings (SSSR count). The molecular weight excluding hydrogens is 383 g/mol. The zero-order valence-corrected chi connectivity index (χ0v) is 16.2. The summed E-state index contributed by atoms with van der Waals surface area (Å²) >= 11 is 1.31. The fourth-order valence-corrected chi connectivity index (χ4v) is 3.68. The molecule has 1 aromatic carbocycles. The van der Waals surface area contributed by atoms with Gasteiger partial charge in [0, 0.05) is 11.6 Å². The number of aliphatic hydroxyl groups is 1. The third-order valence-corrected chi connectivity index (χ3v) is 4.97. The van der Waals surface area contributed by atoms with Crippen molar-refractivity contribution in [3.05, 3.63) is 35.8 Å². The molecule has 1 unspecified atom stereocenters. The van der Waals surface area contributed by atoms with Crippen LogP contribution in [-0.2, 0) is 0 Å². The minimum Gasteiger partial charge on any atom is -0.480 e.